The van der Waals surface area contributed by atoms with E-state index in [9.17, 15) is 4.79 Å². The van der Waals surface area contributed by atoms with Crippen LogP contribution < -0.4 is 5.32 Å². The fourth-order valence-corrected chi connectivity index (χ4v) is 0.774. The highest BCUT2D eigenvalue weighted by Gasteiger charge is 2.08. The van der Waals surface area contributed by atoms with E-state index in [0.717, 1.165) is 0 Å². The largest absolute Gasteiger partial charge is 0.360 e. The number of hydrogen-bond acceptors (Lipinski definition) is 3. The molecule has 0 atom stereocenters. The number of rotatable bonds is 2. The SMILES string of the molecule is CCN(C)C(=O)Nc1cc(C)on1. The molecule has 1 heterocycles. The molecule has 1 rings (SSSR count). The molecule has 5 heteroatoms. The molecular weight excluding hydrogens is 170 g/mol. The quantitative estimate of drug-likeness (QED) is 0.755. The summed E-state index contributed by atoms with van der Waals surface area (Å²) in [7, 11) is 1.71. The molecule has 72 valence electrons. The van der Waals surface area contributed by atoms with E-state index in [2.05, 4.69) is 10.5 Å². The van der Waals surface area contributed by atoms with E-state index in [1.165, 1.54) is 0 Å². The molecule has 0 saturated carbocycles. The maximum absolute atomic E-state index is 11.3. The Kier molecular flexibility index (Phi) is 2.89. The molecule has 0 fully saturated rings. The van der Waals surface area contributed by atoms with Crippen LogP contribution in [0.2, 0.25) is 0 Å². The van der Waals surface area contributed by atoms with Crippen molar-refractivity contribution in [3.8, 4) is 0 Å². The smallest absolute Gasteiger partial charge is 0.322 e. The predicted molar refractivity (Wildman–Crippen MR) is 48.6 cm³/mol. The molecule has 1 aromatic rings. The number of carbonyl (C=O) groups is 1. The van der Waals surface area contributed by atoms with E-state index in [-0.39, 0.29) is 6.03 Å². The number of urea groups is 1. The Morgan fingerprint density at radius 3 is 2.92 bits per heavy atom. The maximum atomic E-state index is 11.3. The first-order chi connectivity index (χ1) is 6.13. The van der Waals surface area contributed by atoms with Gasteiger partial charge in [-0.05, 0) is 13.8 Å². The zero-order valence-electron chi connectivity index (χ0n) is 8.00. The normalized spacial score (nSPS) is 9.77. The van der Waals surface area contributed by atoms with Crippen LogP contribution in [0.4, 0.5) is 10.6 Å². The van der Waals surface area contributed by atoms with Crippen LogP contribution in [0.15, 0.2) is 10.6 Å². The summed E-state index contributed by atoms with van der Waals surface area (Å²) in [5.41, 5.74) is 0. The van der Waals surface area contributed by atoms with E-state index in [1.54, 1.807) is 24.9 Å². The lowest BCUT2D eigenvalue weighted by molar-refractivity contribution is 0.224. The van der Waals surface area contributed by atoms with Crippen LogP contribution >= 0.6 is 0 Å². The molecule has 0 spiro atoms. The molecule has 0 aromatic carbocycles. The molecule has 1 N–H and O–H groups in total. The first kappa shape index (κ1) is 9.57. The molecule has 0 aliphatic rings. The van der Waals surface area contributed by atoms with Gasteiger partial charge in [-0.25, -0.2) is 4.79 Å². The molecule has 2 amide bonds. The standard InChI is InChI=1S/C8H13N3O2/c1-4-11(3)8(12)9-7-5-6(2)13-10-7/h5H,4H2,1-3H3,(H,9,10,12). The van der Waals surface area contributed by atoms with Gasteiger partial charge >= 0.3 is 6.03 Å². The highest BCUT2D eigenvalue weighted by Crippen LogP contribution is 2.07. The van der Waals surface area contributed by atoms with Crippen molar-refractivity contribution in [1.82, 2.24) is 10.1 Å². The first-order valence-electron chi connectivity index (χ1n) is 4.09. The van der Waals surface area contributed by atoms with E-state index in [0.29, 0.717) is 18.1 Å². The van der Waals surface area contributed by atoms with Gasteiger partial charge in [0, 0.05) is 19.7 Å². The summed E-state index contributed by atoms with van der Waals surface area (Å²) in [5, 5.41) is 6.23. The third-order valence-corrected chi connectivity index (χ3v) is 1.68. The number of nitrogens with one attached hydrogen (secondary N) is 1. The van der Waals surface area contributed by atoms with Crippen LogP contribution in [0, 0.1) is 6.92 Å². The van der Waals surface area contributed by atoms with E-state index >= 15 is 0 Å². The van der Waals surface area contributed by atoms with Gasteiger partial charge in [0.15, 0.2) is 5.82 Å². The minimum Gasteiger partial charge on any atom is -0.360 e. The van der Waals surface area contributed by atoms with Crippen LogP contribution in [0.1, 0.15) is 12.7 Å². The molecule has 0 unspecified atom stereocenters. The van der Waals surface area contributed by atoms with Gasteiger partial charge < -0.3 is 9.42 Å². The molecule has 0 aliphatic heterocycles. The zero-order valence-corrected chi connectivity index (χ0v) is 8.00. The van der Waals surface area contributed by atoms with E-state index in [1.807, 2.05) is 6.92 Å². The van der Waals surface area contributed by atoms with Crippen molar-refractivity contribution in [1.29, 1.82) is 0 Å². The Morgan fingerprint density at radius 1 is 1.77 bits per heavy atom. The van der Waals surface area contributed by atoms with Gasteiger partial charge in [0.05, 0.1) is 0 Å². The highest BCUT2D eigenvalue weighted by molar-refractivity contribution is 5.87. The van der Waals surface area contributed by atoms with E-state index in [4.69, 9.17) is 4.52 Å². The number of carbonyl (C=O) groups excluding carboxylic acids is 1. The molecular formula is C8H13N3O2. The van der Waals surface area contributed by atoms with Crippen molar-refractivity contribution in [3.63, 3.8) is 0 Å². The second kappa shape index (κ2) is 3.93. The summed E-state index contributed by atoms with van der Waals surface area (Å²) < 4.78 is 4.80. The van der Waals surface area contributed by atoms with Gasteiger partial charge in [-0.15, -0.1) is 0 Å². The highest BCUT2D eigenvalue weighted by atomic mass is 16.5. The summed E-state index contributed by atoms with van der Waals surface area (Å²) in [6, 6.07) is 1.48. The van der Waals surface area contributed by atoms with Gasteiger partial charge in [0.2, 0.25) is 0 Å². The Labute approximate surface area is 76.7 Å². The van der Waals surface area contributed by atoms with E-state index < -0.39 is 0 Å². The molecule has 13 heavy (non-hydrogen) atoms. The second-order valence-electron chi connectivity index (χ2n) is 2.77. The Bertz CT molecular complexity index is 295. The van der Waals surface area contributed by atoms with Gasteiger partial charge in [0.1, 0.15) is 5.76 Å². The average molecular weight is 183 g/mol. The zero-order chi connectivity index (χ0) is 9.84. The first-order valence-corrected chi connectivity index (χ1v) is 4.09. The van der Waals surface area contributed by atoms with Crippen molar-refractivity contribution in [3.05, 3.63) is 11.8 Å². The van der Waals surface area contributed by atoms with Crippen LogP contribution in [-0.2, 0) is 0 Å². The van der Waals surface area contributed by atoms with Gasteiger partial charge in [0.25, 0.3) is 0 Å². The van der Waals surface area contributed by atoms with Crippen LogP contribution in [0.25, 0.3) is 0 Å². The summed E-state index contributed by atoms with van der Waals surface area (Å²) in [4.78, 5) is 12.8. The van der Waals surface area contributed by atoms with Crippen molar-refractivity contribution in [2.45, 2.75) is 13.8 Å². The van der Waals surface area contributed by atoms with Crippen LogP contribution in [0.5, 0.6) is 0 Å². The Hall–Kier alpha value is -1.52. The maximum Gasteiger partial charge on any atom is 0.322 e. The number of anilines is 1. The van der Waals surface area contributed by atoms with Crippen molar-refractivity contribution in [2.75, 3.05) is 18.9 Å². The number of nitrogens with zero attached hydrogens (tertiary/aromatic N) is 2. The lowest BCUT2D eigenvalue weighted by atomic mass is 10.5. The van der Waals surface area contributed by atoms with Crippen LogP contribution in [-0.4, -0.2) is 29.7 Å². The Balaban J connectivity index is 2.54. The monoisotopic (exact) mass is 183 g/mol. The van der Waals surface area contributed by atoms with Crippen LogP contribution in [0.3, 0.4) is 0 Å². The summed E-state index contributed by atoms with van der Waals surface area (Å²) in [6.07, 6.45) is 0. The fraction of sp³-hybridized carbons (Fsp3) is 0.500. The number of amides is 2. The lowest BCUT2D eigenvalue weighted by Crippen LogP contribution is -2.30. The average Bonchev–Trinajstić information content (AvgIpc) is 2.49. The molecule has 0 saturated heterocycles. The minimum absolute atomic E-state index is 0.184. The fourth-order valence-electron chi connectivity index (χ4n) is 0.774. The molecule has 0 bridgehead atoms. The summed E-state index contributed by atoms with van der Waals surface area (Å²) in [5.74, 6) is 1.12. The van der Waals surface area contributed by atoms with Crippen molar-refractivity contribution < 1.29 is 9.32 Å². The third-order valence-electron chi connectivity index (χ3n) is 1.68. The lowest BCUT2D eigenvalue weighted by Gasteiger charge is -2.13. The second-order valence-corrected chi connectivity index (χ2v) is 2.77. The molecule has 1 aromatic heterocycles. The van der Waals surface area contributed by atoms with Gasteiger partial charge in [-0.3, -0.25) is 5.32 Å². The van der Waals surface area contributed by atoms with Crippen molar-refractivity contribution in [2.24, 2.45) is 0 Å². The summed E-state index contributed by atoms with van der Waals surface area (Å²) in [6.45, 7) is 4.32. The predicted octanol–water partition coefficient (Wildman–Crippen LogP) is 1.47. The number of aromatic nitrogens is 1. The number of hydrogen-bond donors (Lipinski definition) is 1. The topological polar surface area (TPSA) is 58.4 Å². The third kappa shape index (κ3) is 2.47. The summed E-state index contributed by atoms with van der Waals surface area (Å²) >= 11 is 0. The molecule has 5 nitrogen and oxygen atoms in total. The molecule has 0 radical (unpaired) electrons. The Morgan fingerprint density at radius 2 is 2.46 bits per heavy atom. The van der Waals surface area contributed by atoms with Crippen molar-refractivity contribution >= 4 is 11.8 Å². The van der Waals surface area contributed by atoms with Gasteiger partial charge in [-0.1, -0.05) is 5.16 Å². The van der Waals surface area contributed by atoms with Gasteiger partial charge in [-0.2, -0.15) is 0 Å². The number of aryl methyl sites for hydroxylation is 1. The molecule has 0 aliphatic carbocycles. The minimum atomic E-state index is -0.184.